The van der Waals surface area contributed by atoms with E-state index < -0.39 is 16.6 Å². The number of esters is 1. The molecule has 0 radical (unpaired) electrons. The van der Waals surface area contributed by atoms with Crippen molar-refractivity contribution >= 4 is 16.9 Å². The monoisotopic (exact) mass is 493 g/mol. The van der Waals surface area contributed by atoms with Crippen LogP contribution in [0.1, 0.15) is 44.4 Å². The first kappa shape index (κ1) is 25.6. The second-order valence-corrected chi connectivity index (χ2v) is 10.3. The lowest BCUT2D eigenvalue weighted by Gasteiger charge is -2.30. The van der Waals surface area contributed by atoms with Crippen molar-refractivity contribution in [3.63, 3.8) is 0 Å². The molecule has 0 saturated carbocycles. The summed E-state index contributed by atoms with van der Waals surface area (Å²) in [5.74, 6) is -0.0353. The predicted octanol–water partition coefficient (Wildman–Crippen LogP) is 4.85. The highest BCUT2D eigenvalue weighted by Gasteiger charge is 2.40. The van der Waals surface area contributed by atoms with Crippen molar-refractivity contribution in [3.8, 4) is 5.75 Å². The van der Waals surface area contributed by atoms with Crippen LogP contribution in [0, 0.1) is 5.82 Å². The van der Waals surface area contributed by atoms with Gasteiger partial charge in [0, 0.05) is 28.9 Å². The van der Waals surface area contributed by atoms with E-state index in [1.165, 1.54) is 12.1 Å². The van der Waals surface area contributed by atoms with Crippen molar-refractivity contribution in [3.05, 3.63) is 88.0 Å². The fourth-order valence-electron chi connectivity index (χ4n) is 4.28. The van der Waals surface area contributed by atoms with E-state index in [9.17, 15) is 14.0 Å². The molecule has 2 aromatic carbocycles. The average molecular weight is 494 g/mol. The first-order chi connectivity index (χ1) is 17.0. The molecule has 1 aromatic heterocycles. The predicted molar refractivity (Wildman–Crippen MR) is 137 cm³/mol. The number of rotatable bonds is 9. The summed E-state index contributed by atoms with van der Waals surface area (Å²) in [4.78, 5) is 25.0. The van der Waals surface area contributed by atoms with Crippen LogP contribution in [-0.4, -0.2) is 30.8 Å². The smallest absolute Gasteiger partial charge is 0.340 e. The number of hydrogen-bond acceptors (Lipinski definition) is 6. The molecule has 4 rings (SSSR count). The fourth-order valence-corrected chi connectivity index (χ4v) is 4.28. The summed E-state index contributed by atoms with van der Waals surface area (Å²) < 4.78 is 30.5. The largest absolute Gasteiger partial charge is 0.485 e. The molecule has 0 bridgehead atoms. The first-order valence-corrected chi connectivity index (χ1v) is 12.1. The Bertz CT molecular complexity index is 1340. The Morgan fingerprint density at radius 1 is 1.19 bits per heavy atom. The van der Waals surface area contributed by atoms with E-state index in [0.717, 1.165) is 16.5 Å². The van der Waals surface area contributed by atoms with Crippen LogP contribution >= 0.6 is 0 Å². The van der Waals surface area contributed by atoms with Gasteiger partial charge in [-0.25, -0.2) is 9.18 Å². The Labute approximate surface area is 210 Å². The van der Waals surface area contributed by atoms with Gasteiger partial charge in [0.15, 0.2) is 0 Å². The van der Waals surface area contributed by atoms with E-state index in [-0.39, 0.29) is 24.4 Å². The lowest BCUT2D eigenvalue weighted by molar-refractivity contribution is -0.163. The Kier molecular flexibility index (Phi) is 7.05. The summed E-state index contributed by atoms with van der Waals surface area (Å²) in [6, 6.07) is 11.8. The number of benzene rings is 2. The summed E-state index contributed by atoms with van der Waals surface area (Å²) in [7, 11) is 0. The van der Waals surface area contributed by atoms with Crippen molar-refractivity contribution in [1.82, 2.24) is 5.32 Å². The molecule has 0 saturated heterocycles. The quantitative estimate of drug-likeness (QED) is 0.199. The van der Waals surface area contributed by atoms with Gasteiger partial charge < -0.3 is 19.2 Å². The molecular weight excluding hydrogens is 461 g/mol. The maximum atomic E-state index is 13.0. The van der Waals surface area contributed by atoms with Gasteiger partial charge in [-0.3, -0.25) is 4.79 Å². The molecule has 1 aliphatic rings. The zero-order valence-electron chi connectivity index (χ0n) is 21.2. The average Bonchev–Trinajstić information content (AvgIpc) is 3.24. The number of halogens is 1. The molecule has 0 aliphatic carbocycles. The Hall–Kier alpha value is -3.45. The fraction of sp³-hybridized carbons (Fsp3) is 0.379. The third kappa shape index (κ3) is 5.51. The van der Waals surface area contributed by atoms with Crippen LogP contribution in [0.5, 0.6) is 5.75 Å². The van der Waals surface area contributed by atoms with E-state index in [2.05, 4.69) is 11.9 Å². The Balaban J connectivity index is 1.38. The molecule has 1 N–H and O–H groups in total. The maximum absolute atomic E-state index is 13.0. The van der Waals surface area contributed by atoms with Crippen molar-refractivity contribution in [2.75, 3.05) is 13.1 Å². The molecule has 0 unspecified atom stereocenters. The van der Waals surface area contributed by atoms with Crippen LogP contribution in [0.25, 0.3) is 11.0 Å². The number of allylic oxidation sites excluding steroid dienone is 1. The molecule has 0 amide bonds. The summed E-state index contributed by atoms with van der Waals surface area (Å²) in [6.07, 6.45) is 2.57. The van der Waals surface area contributed by atoms with Gasteiger partial charge in [-0.05, 0) is 62.2 Å². The van der Waals surface area contributed by atoms with Crippen LogP contribution in [0.15, 0.2) is 64.3 Å². The minimum Gasteiger partial charge on any atom is -0.485 e. The van der Waals surface area contributed by atoms with Crippen LogP contribution in [0.2, 0.25) is 0 Å². The third-order valence-electron chi connectivity index (χ3n) is 6.72. The van der Waals surface area contributed by atoms with Gasteiger partial charge in [-0.2, -0.15) is 0 Å². The summed E-state index contributed by atoms with van der Waals surface area (Å²) in [5.41, 5.74) is 1.14. The molecule has 1 aliphatic heterocycles. The number of nitrogens with one attached hydrogen (secondary N) is 1. The molecule has 0 fully saturated rings. The van der Waals surface area contributed by atoms with Crippen molar-refractivity contribution < 1.29 is 23.1 Å². The molecule has 36 heavy (non-hydrogen) atoms. The van der Waals surface area contributed by atoms with E-state index in [1.54, 1.807) is 24.3 Å². The van der Waals surface area contributed by atoms with Gasteiger partial charge in [0.25, 0.3) is 0 Å². The molecule has 3 aromatic rings. The summed E-state index contributed by atoms with van der Waals surface area (Å²) >= 11 is 0. The highest BCUT2D eigenvalue weighted by molar-refractivity contribution is 5.81. The van der Waals surface area contributed by atoms with Crippen LogP contribution in [0.4, 0.5) is 4.39 Å². The highest BCUT2D eigenvalue weighted by Crippen LogP contribution is 2.38. The number of ether oxygens (including phenoxy) is 2. The molecule has 2 heterocycles. The van der Waals surface area contributed by atoms with E-state index in [4.69, 9.17) is 13.9 Å². The van der Waals surface area contributed by atoms with Crippen LogP contribution < -0.4 is 15.7 Å². The third-order valence-corrected chi connectivity index (χ3v) is 6.72. The molecular formula is C29H32FNO5. The summed E-state index contributed by atoms with van der Waals surface area (Å²) in [5, 5.41) is 3.88. The van der Waals surface area contributed by atoms with Gasteiger partial charge in [0.2, 0.25) is 0 Å². The molecule has 0 spiro atoms. The lowest BCUT2D eigenvalue weighted by atomic mass is 9.85. The second-order valence-electron chi connectivity index (χ2n) is 10.3. The Morgan fingerprint density at radius 3 is 2.61 bits per heavy atom. The van der Waals surface area contributed by atoms with E-state index >= 15 is 0 Å². The molecule has 6 nitrogen and oxygen atoms in total. The van der Waals surface area contributed by atoms with Gasteiger partial charge in [0.05, 0.1) is 6.54 Å². The van der Waals surface area contributed by atoms with Crippen molar-refractivity contribution in [1.29, 1.82) is 0 Å². The lowest BCUT2D eigenvalue weighted by Crippen LogP contribution is -2.45. The normalized spacial score (nSPS) is 15.4. The summed E-state index contributed by atoms with van der Waals surface area (Å²) in [6.45, 7) is 11.9. The number of hydrogen-bond donors (Lipinski definition) is 1. The van der Waals surface area contributed by atoms with Gasteiger partial charge in [-0.1, -0.05) is 32.1 Å². The van der Waals surface area contributed by atoms with Crippen LogP contribution in [0.3, 0.4) is 0 Å². The van der Waals surface area contributed by atoms with E-state index in [1.807, 2.05) is 39.8 Å². The minimum absolute atomic E-state index is 0.0567. The van der Waals surface area contributed by atoms with Gasteiger partial charge >= 0.3 is 11.6 Å². The van der Waals surface area contributed by atoms with Crippen molar-refractivity contribution in [2.45, 2.75) is 57.7 Å². The Morgan fingerprint density at radius 2 is 1.92 bits per heavy atom. The highest BCUT2D eigenvalue weighted by atomic mass is 19.1. The second kappa shape index (κ2) is 9.90. The van der Waals surface area contributed by atoms with Crippen molar-refractivity contribution in [2.24, 2.45) is 0 Å². The zero-order chi connectivity index (χ0) is 26.1. The minimum atomic E-state index is -0.877. The van der Waals surface area contributed by atoms with Crippen LogP contribution in [-0.2, 0) is 27.8 Å². The standard InChI is InChI=1S/C29H32FNO5/c1-6-28(2,3)22-14-19-13-20-15-25(34-23(20)16-24(19)35-27(22)33)29(4,5)36-26(32)17-31-12-11-18-7-9-21(30)10-8-18/h6-10,13-14,16,25,31H,1,11-12,15,17H2,2-5H3/t25-/m1/s1. The van der Waals surface area contributed by atoms with Gasteiger partial charge in [0.1, 0.15) is 28.9 Å². The first-order valence-electron chi connectivity index (χ1n) is 12.1. The molecule has 190 valence electrons. The number of carbonyl (C=O) groups is 1. The number of carbonyl (C=O) groups excluding carboxylic acids is 1. The number of fused-ring (bicyclic) bond motifs is 2. The molecule has 7 heteroatoms. The molecule has 1 atom stereocenters. The SMILES string of the molecule is C=CC(C)(C)c1cc2cc3c(cc2oc1=O)O[C@@H](C(C)(C)OC(=O)CNCCc1ccc(F)cc1)C3. The zero-order valence-corrected chi connectivity index (χ0v) is 21.2. The van der Waals surface area contributed by atoms with E-state index in [0.29, 0.717) is 36.3 Å². The topological polar surface area (TPSA) is 77.8 Å². The van der Waals surface area contributed by atoms with Gasteiger partial charge in [-0.15, -0.1) is 6.58 Å². The maximum Gasteiger partial charge on any atom is 0.340 e.